The van der Waals surface area contributed by atoms with Gasteiger partial charge in [0.1, 0.15) is 11.4 Å². The Kier molecular flexibility index (Phi) is 3.90. The first-order valence-electron chi connectivity index (χ1n) is 8.60. The van der Waals surface area contributed by atoms with E-state index in [0.29, 0.717) is 6.04 Å². The molecular weight excluding hydrogens is 386 g/mol. The predicted molar refractivity (Wildman–Crippen MR) is 97.8 cm³/mol. The molecule has 25 heavy (non-hydrogen) atoms. The van der Waals surface area contributed by atoms with E-state index in [9.17, 15) is 4.79 Å². The molecule has 2 aromatic heterocycles. The van der Waals surface area contributed by atoms with Crippen LogP contribution in [0.3, 0.4) is 0 Å². The van der Waals surface area contributed by atoms with Crippen LogP contribution >= 0.6 is 15.9 Å². The van der Waals surface area contributed by atoms with E-state index in [0.717, 1.165) is 41.9 Å². The molecule has 2 aliphatic rings. The lowest BCUT2D eigenvalue weighted by Gasteiger charge is -2.28. The number of anilines is 1. The van der Waals surface area contributed by atoms with E-state index >= 15 is 0 Å². The van der Waals surface area contributed by atoms with Gasteiger partial charge in [0.15, 0.2) is 5.65 Å². The number of carbonyl (C=O) groups is 1. The molecule has 0 aromatic carbocycles. The molecule has 2 aromatic rings. The molecule has 0 radical (unpaired) electrons. The summed E-state index contributed by atoms with van der Waals surface area (Å²) < 4.78 is 8.20. The van der Waals surface area contributed by atoms with Gasteiger partial charge in [-0.15, -0.1) is 0 Å². The number of halogens is 1. The van der Waals surface area contributed by atoms with Crippen LogP contribution in [0.1, 0.15) is 33.6 Å². The summed E-state index contributed by atoms with van der Waals surface area (Å²) in [6, 6.07) is 2.48. The van der Waals surface area contributed by atoms with Crippen molar-refractivity contribution in [3.8, 4) is 0 Å². The van der Waals surface area contributed by atoms with Crippen molar-refractivity contribution in [3.63, 3.8) is 0 Å². The minimum atomic E-state index is -0.464. The number of rotatable bonds is 1. The quantitative estimate of drug-likeness (QED) is 0.726. The molecule has 1 amide bonds. The highest BCUT2D eigenvalue weighted by Crippen LogP contribution is 2.35. The van der Waals surface area contributed by atoms with E-state index in [-0.39, 0.29) is 12.1 Å². The van der Waals surface area contributed by atoms with Crippen LogP contribution in [0.4, 0.5) is 10.6 Å². The standard InChI is InChI=1S/C17H22BrN5O2/c1-17(2,3)25-16(24)22-8-5-12-13(22)4-7-21(12)14-6-9-23-15(20-14)11(18)10-19-23/h6,9-10,12-13H,4-5,7-8H2,1-3H3. The highest BCUT2D eigenvalue weighted by molar-refractivity contribution is 9.10. The molecule has 0 saturated carbocycles. The molecule has 134 valence electrons. The molecule has 7 nitrogen and oxygen atoms in total. The van der Waals surface area contributed by atoms with Crippen LogP contribution in [-0.4, -0.2) is 56.4 Å². The van der Waals surface area contributed by atoms with Crippen LogP contribution in [0.25, 0.3) is 5.65 Å². The van der Waals surface area contributed by atoms with Gasteiger partial charge in [0.05, 0.1) is 22.8 Å². The SMILES string of the molecule is CC(C)(C)OC(=O)N1CCC2C1CCN2c1ccn2ncc(Br)c2n1. The molecule has 0 aliphatic carbocycles. The first kappa shape index (κ1) is 16.6. The summed E-state index contributed by atoms with van der Waals surface area (Å²) in [6.45, 7) is 7.34. The summed E-state index contributed by atoms with van der Waals surface area (Å²) in [4.78, 5) is 21.4. The Morgan fingerprint density at radius 1 is 1.28 bits per heavy atom. The number of nitrogens with zero attached hydrogens (tertiary/aromatic N) is 5. The van der Waals surface area contributed by atoms with E-state index in [2.05, 4.69) is 25.9 Å². The normalized spacial score (nSPS) is 23.4. The second kappa shape index (κ2) is 5.86. The number of aromatic nitrogens is 3. The molecule has 0 spiro atoms. The molecule has 2 saturated heterocycles. The summed E-state index contributed by atoms with van der Waals surface area (Å²) in [5.74, 6) is 0.937. The van der Waals surface area contributed by atoms with Gasteiger partial charge in [0.2, 0.25) is 0 Å². The largest absolute Gasteiger partial charge is 0.444 e. The first-order chi connectivity index (χ1) is 11.8. The molecule has 0 bridgehead atoms. The number of carbonyl (C=O) groups excluding carboxylic acids is 1. The lowest BCUT2D eigenvalue weighted by molar-refractivity contribution is 0.0228. The van der Waals surface area contributed by atoms with Gasteiger partial charge in [0, 0.05) is 19.3 Å². The van der Waals surface area contributed by atoms with Gasteiger partial charge in [-0.3, -0.25) is 0 Å². The Morgan fingerprint density at radius 2 is 2.04 bits per heavy atom. The van der Waals surface area contributed by atoms with Crippen molar-refractivity contribution in [1.82, 2.24) is 19.5 Å². The van der Waals surface area contributed by atoms with Crippen LogP contribution in [0.2, 0.25) is 0 Å². The van der Waals surface area contributed by atoms with Crippen LogP contribution in [0.5, 0.6) is 0 Å². The Bertz CT molecular complexity index is 815. The van der Waals surface area contributed by atoms with Gasteiger partial charge in [-0.25, -0.2) is 14.3 Å². The molecular formula is C17H22BrN5O2. The molecule has 2 atom stereocenters. The van der Waals surface area contributed by atoms with Crippen molar-refractivity contribution in [2.75, 3.05) is 18.0 Å². The minimum absolute atomic E-state index is 0.196. The number of hydrogen-bond donors (Lipinski definition) is 0. The van der Waals surface area contributed by atoms with Crippen LogP contribution in [-0.2, 0) is 4.74 Å². The number of hydrogen-bond acceptors (Lipinski definition) is 5. The van der Waals surface area contributed by atoms with Crippen molar-refractivity contribution in [2.24, 2.45) is 0 Å². The highest BCUT2D eigenvalue weighted by Gasteiger charge is 2.46. The van der Waals surface area contributed by atoms with Gasteiger partial charge in [-0.05, 0) is 55.6 Å². The zero-order valence-electron chi connectivity index (χ0n) is 14.6. The average Bonchev–Trinajstić information content (AvgIpc) is 3.20. The number of likely N-dealkylation sites (tertiary alicyclic amines) is 1. The third-order valence-electron chi connectivity index (χ3n) is 4.81. The molecule has 4 rings (SSSR count). The highest BCUT2D eigenvalue weighted by atomic mass is 79.9. The van der Waals surface area contributed by atoms with E-state index < -0.39 is 5.60 Å². The third-order valence-corrected chi connectivity index (χ3v) is 5.37. The topological polar surface area (TPSA) is 63.0 Å². The van der Waals surface area contributed by atoms with Crippen molar-refractivity contribution in [3.05, 3.63) is 22.9 Å². The lowest BCUT2D eigenvalue weighted by atomic mass is 10.1. The summed E-state index contributed by atoms with van der Waals surface area (Å²) in [5, 5.41) is 4.24. The maximum Gasteiger partial charge on any atom is 0.410 e. The van der Waals surface area contributed by atoms with Crippen molar-refractivity contribution < 1.29 is 9.53 Å². The molecule has 4 heterocycles. The molecule has 2 fully saturated rings. The molecule has 8 heteroatoms. The van der Waals surface area contributed by atoms with Crippen molar-refractivity contribution in [1.29, 1.82) is 0 Å². The first-order valence-corrected chi connectivity index (χ1v) is 9.39. The second-order valence-electron chi connectivity index (χ2n) is 7.63. The lowest BCUT2D eigenvalue weighted by Crippen LogP contribution is -2.42. The second-order valence-corrected chi connectivity index (χ2v) is 8.48. The summed E-state index contributed by atoms with van der Waals surface area (Å²) in [5.41, 5.74) is 0.344. The fourth-order valence-corrected chi connectivity index (χ4v) is 4.17. The fraction of sp³-hybridized carbons (Fsp3) is 0.588. The summed E-state index contributed by atoms with van der Waals surface area (Å²) >= 11 is 3.49. The summed E-state index contributed by atoms with van der Waals surface area (Å²) in [6.07, 6.45) is 5.35. The monoisotopic (exact) mass is 407 g/mol. The third kappa shape index (κ3) is 2.96. The van der Waals surface area contributed by atoms with Crippen LogP contribution < -0.4 is 4.90 Å². The Balaban J connectivity index is 1.55. The molecule has 2 unspecified atom stereocenters. The van der Waals surface area contributed by atoms with Crippen LogP contribution in [0.15, 0.2) is 22.9 Å². The van der Waals surface area contributed by atoms with Gasteiger partial charge in [-0.1, -0.05) is 0 Å². The Morgan fingerprint density at radius 3 is 2.80 bits per heavy atom. The van der Waals surface area contributed by atoms with Crippen LogP contribution in [0, 0.1) is 0 Å². The van der Waals surface area contributed by atoms with E-state index in [1.807, 2.05) is 37.9 Å². The van der Waals surface area contributed by atoms with E-state index in [4.69, 9.17) is 9.72 Å². The Hall–Kier alpha value is -1.83. The van der Waals surface area contributed by atoms with Gasteiger partial charge >= 0.3 is 6.09 Å². The smallest absolute Gasteiger partial charge is 0.410 e. The number of amides is 1. The maximum atomic E-state index is 12.5. The number of fused-ring (bicyclic) bond motifs is 2. The van der Waals surface area contributed by atoms with Crippen molar-refractivity contribution >= 4 is 33.5 Å². The maximum absolute atomic E-state index is 12.5. The zero-order chi connectivity index (χ0) is 17.8. The fourth-order valence-electron chi connectivity index (χ4n) is 3.81. The van der Waals surface area contributed by atoms with Crippen molar-refractivity contribution in [2.45, 2.75) is 51.3 Å². The Labute approximate surface area is 155 Å². The molecule has 0 N–H and O–H groups in total. The van der Waals surface area contributed by atoms with Gasteiger partial charge in [0.25, 0.3) is 0 Å². The minimum Gasteiger partial charge on any atom is -0.444 e. The molecule has 2 aliphatic heterocycles. The zero-order valence-corrected chi connectivity index (χ0v) is 16.2. The number of ether oxygens (including phenoxy) is 1. The average molecular weight is 408 g/mol. The van der Waals surface area contributed by atoms with Gasteiger partial charge in [-0.2, -0.15) is 5.10 Å². The predicted octanol–water partition coefficient (Wildman–Crippen LogP) is 3.08. The van der Waals surface area contributed by atoms with Gasteiger partial charge < -0.3 is 14.5 Å². The summed E-state index contributed by atoms with van der Waals surface area (Å²) in [7, 11) is 0. The van der Waals surface area contributed by atoms with E-state index in [1.165, 1.54) is 0 Å². The van der Waals surface area contributed by atoms with E-state index in [1.54, 1.807) is 10.7 Å².